The predicted octanol–water partition coefficient (Wildman–Crippen LogP) is 9.92. The number of hydrogen-bond donors (Lipinski definition) is 0. The summed E-state index contributed by atoms with van der Waals surface area (Å²) in [7, 11) is -3.83. The molecule has 5 atom stereocenters. The fourth-order valence-electron chi connectivity index (χ4n) is 8.98. The first-order valence-corrected chi connectivity index (χ1v) is 20.9. The highest BCUT2D eigenvalue weighted by Gasteiger charge is 2.78. The molecule has 1 aliphatic heterocycles. The summed E-state index contributed by atoms with van der Waals surface area (Å²) in [5.74, 6) is 1.59. The molecule has 0 spiro atoms. The zero-order valence-electron chi connectivity index (χ0n) is 27.0. The maximum absolute atomic E-state index is 7.14. The number of epoxide rings is 1. The second-order valence-electron chi connectivity index (χ2n) is 16.2. The van der Waals surface area contributed by atoms with E-state index in [0.717, 1.165) is 18.6 Å². The zero-order valence-corrected chi connectivity index (χ0v) is 29.0. The van der Waals surface area contributed by atoms with Crippen molar-refractivity contribution >= 4 is 22.7 Å². The normalized spacial score (nSPS) is 34.0. The molecule has 1 aromatic rings. The lowest BCUT2D eigenvalue weighted by atomic mass is 9.59. The van der Waals surface area contributed by atoms with Crippen molar-refractivity contribution < 1.29 is 13.6 Å². The van der Waals surface area contributed by atoms with Crippen LogP contribution >= 0.6 is 0 Å². The summed E-state index contributed by atoms with van der Waals surface area (Å²) in [6.07, 6.45) is 10.9. The van der Waals surface area contributed by atoms with E-state index in [2.05, 4.69) is 113 Å². The van der Waals surface area contributed by atoms with Gasteiger partial charge in [0, 0.05) is 12.3 Å². The molecule has 0 radical (unpaired) electrons. The van der Waals surface area contributed by atoms with Crippen LogP contribution in [0.25, 0.3) is 6.08 Å². The Morgan fingerprint density at radius 3 is 2.18 bits per heavy atom. The van der Waals surface area contributed by atoms with Gasteiger partial charge in [0.1, 0.15) is 17.0 Å². The van der Waals surface area contributed by atoms with Gasteiger partial charge in [-0.2, -0.15) is 0 Å². The lowest BCUT2D eigenvalue weighted by molar-refractivity contribution is 0.0112. The molecule has 0 N–H and O–H groups in total. The SMILES string of the molecule is CC(C)[Si](Oc1ccc2c(c1)CC13CC[C@]4(C)[C@@H](O[Si](C)(C)C(C)(C)C)CC[C@H]4C1(C=C2)O3)(C(C)C)C(C)C. The molecule has 2 saturated carbocycles. The molecule has 0 bridgehead atoms. The van der Waals surface area contributed by atoms with Crippen LogP contribution in [0.15, 0.2) is 24.3 Å². The van der Waals surface area contributed by atoms with E-state index < -0.39 is 16.6 Å². The van der Waals surface area contributed by atoms with Crippen LogP contribution in [-0.4, -0.2) is 33.9 Å². The Labute approximate surface area is 241 Å². The summed E-state index contributed by atoms with van der Waals surface area (Å²) < 4.78 is 21.2. The first-order valence-electron chi connectivity index (χ1n) is 15.8. The standard InChI is InChI=1S/C34H56O3Si2/c1-23(2)39(24(3)4,25(5)6)35-28-14-13-26-17-18-34-29-15-16-30(36-38(11,12)31(7,8)9)32(29,10)19-20-33(34,37-34)22-27(26)21-28/h13-14,17-18,21,23-25,29-30H,15-16,19-20,22H2,1-12H3/t29-,30+,32+,33?,34?/m1/s1. The quantitative estimate of drug-likeness (QED) is 0.242. The van der Waals surface area contributed by atoms with Crippen LogP contribution in [0.5, 0.6) is 5.75 Å². The van der Waals surface area contributed by atoms with E-state index in [9.17, 15) is 0 Å². The van der Waals surface area contributed by atoms with Gasteiger partial charge in [0.2, 0.25) is 0 Å². The number of benzene rings is 1. The van der Waals surface area contributed by atoms with E-state index in [-0.39, 0.29) is 21.7 Å². The van der Waals surface area contributed by atoms with Gasteiger partial charge in [0.05, 0.1) is 6.10 Å². The summed E-state index contributed by atoms with van der Waals surface area (Å²) in [6, 6.07) is 6.91. The molecule has 1 saturated heterocycles. The summed E-state index contributed by atoms with van der Waals surface area (Å²) >= 11 is 0. The van der Waals surface area contributed by atoms with Crippen LogP contribution < -0.4 is 4.43 Å². The van der Waals surface area contributed by atoms with Crippen molar-refractivity contribution in [2.45, 2.75) is 153 Å². The van der Waals surface area contributed by atoms with Crippen molar-refractivity contribution in [3.63, 3.8) is 0 Å². The molecule has 3 aliphatic carbocycles. The third-order valence-corrected chi connectivity index (χ3v) is 22.7. The Morgan fingerprint density at radius 2 is 1.59 bits per heavy atom. The van der Waals surface area contributed by atoms with Crippen LogP contribution in [0.1, 0.15) is 106 Å². The van der Waals surface area contributed by atoms with E-state index in [1.807, 2.05) is 0 Å². The maximum atomic E-state index is 7.14. The topological polar surface area (TPSA) is 31.0 Å². The highest BCUT2D eigenvalue weighted by molar-refractivity contribution is 6.78. The van der Waals surface area contributed by atoms with Crippen LogP contribution in [-0.2, 0) is 15.6 Å². The fourth-order valence-corrected chi connectivity index (χ4v) is 15.7. The summed E-state index contributed by atoms with van der Waals surface area (Å²) in [5, 5.41) is 0.235. The Balaban J connectivity index is 1.41. The largest absolute Gasteiger partial charge is 0.543 e. The van der Waals surface area contributed by atoms with Crippen LogP contribution in [0.3, 0.4) is 0 Å². The summed E-state index contributed by atoms with van der Waals surface area (Å²) in [6.45, 7) is 28.6. The number of hydrogen-bond acceptors (Lipinski definition) is 3. The van der Waals surface area contributed by atoms with E-state index in [4.69, 9.17) is 13.6 Å². The highest BCUT2D eigenvalue weighted by Crippen LogP contribution is 2.72. The molecule has 0 aromatic heterocycles. The van der Waals surface area contributed by atoms with Crippen LogP contribution in [0, 0.1) is 11.3 Å². The first kappa shape index (κ1) is 29.6. The molecule has 5 rings (SSSR count). The Kier molecular flexibility index (Phi) is 7.06. The average Bonchev–Trinajstić information content (AvgIpc) is 3.38. The molecule has 218 valence electrons. The molecule has 3 nitrogen and oxygen atoms in total. The van der Waals surface area contributed by atoms with Gasteiger partial charge in [-0.05, 0) is 95.2 Å². The number of rotatable bonds is 7. The molecule has 3 fully saturated rings. The van der Waals surface area contributed by atoms with Gasteiger partial charge in [0.15, 0.2) is 8.32 Å². The second-order valence-corrected chi connectivity index (χ2v) is 26.3. The Morgan fingerprint density at radius 1 is 0.949 bits per heavy atom. The van der Waals surface area contributed by atoms with Gasteiger partial charge < -0.3 is 13.6 Å². The van der Waals surface area contributed by atoms with E-state index >= 15 is 0 Å². The van der Waals surface area contributed by atoms with Crippen molar-refractivity contribution in [2.24, 2.45) is 11.3 Å². The third-order valence-electron chi connectivity index (χ3n) is 12.2. The number of ether oxygens (including phenoxy) is 1. The molecular weight excluding hydrogens is 513 g/mol. The summed E-state index contributed by atoms with van der Waals surface area (Å²) in [5.41, 5.74) is 4.42. The lowest BCUT2D eigenvalue weighted by Gasteiger charge is -2.47. The predicted molar refractivity (Wildman–Crippen MR) is 170 cm³/mol. The van der Waals surface area contributed by atoms with Gasteiger partial charge in [-0.1, -0.05) is 81.4 Å². The Bertz CT molecular complexity index is 1110. The van der Waals surface area contributed by atoms with Crippen molar-refractivity contribution in [1.82, 2.24) is 0 Å². The molecule has 1 aromatic carbocycles. The second kappa shape index (κ2) is 9.31. The molecule has 5 heteroatoms. The van der Waals surface area contributed by atoms with Crippen molar-refractivity contribution in [1.29, 1.82) is 0 Å². The third kappa shape index (κ3) is 4.30. The average molecular weight is 569 g/mol. The molecular formula is C34H56O3Si2. The van der Waals surface area contributed by atoms with Gasteiger partial charge in [-0.3, -0.25) is 0 Å². The Hall–Kier alpha value is -0.886. The van der Waals surface area contributed by atoms with Crippen LogP contribution in [0.2, 0.25) is 34.8 Å². The van der Waals surface area contributed by atoms with Gasteiger partial charge in [-0.25, -0.2) is 0 Å². The van der Waals surface area contributed by atoms with Crippen molar-refractivity contribution in [3.8, 4) is 5.75 Å². The summed E-state index contributed by atoms with van der Waals surface area (Å²) in [4.78, 5) is 0. The number of fused-ring (bicyclic) bond motifs is 2. The minimum atomic E-state index is -2.00. The van der Waals surface area contributed by atoms with E-state index in [0.29, 0.717) is 28.6 Å². The first-order chi connectivity index (χ1) is 17.9. The highest BCUT2D eigenvalue weighted by atomic mass is 28.4. The minimum Gasteiger partial charge on any atom is -0.543 e. The minimum absolute atomic E-state index is 0.0634. The van der Waals surface area contributed by atoms with Crippen LogP contribution in [0.4, 0.5) is 0 Å². The van der Waals surface area contributed by atoms with E-state index in [1.165, 1.54) is 30.4 Å². The molecule has 39 heavy (non-hydrogen) atoms. The van der Waals surface area contributed by atoms with Crippen molar-refractivity contribution in [2.75, 3.05) is 0 Å². The van der Waals surface area contributed by atoms with Gasteiger partial charge in [-0.15, -0.1) is 0 Å². The smallest absolute Gasteiger partial charge is 0.258 e. The maximum Gasteiger partial charge on any atom is 0.258 e. The van der Waals surface area contributed by atoms with Gasteiger partial charge >= 0.3 is 0 Å². The monoisotopic (exact) mass is 568 g/mol. The lowest BCUT2D eigenvalue weighted by Crippen LogP contribution is -2.52. The molecule has 4 aliphatic rings. The molecule has 0 amide bonds. The molecule has 1 heterocycles. The molecule has 2 unspecified atom stereocenters. The van der Waals surface area contributed by atoms with Crippen molar-refractivity contribution in [3.05, 3.63) is 35.4 Å². The van der Waals surface area contributed by atoms with Gasteiger partial charge in [0.25, 0.3) is 8.32 Å². The van der Waals surface area contributed by atoms with E-state index in [1.54, 1.807) is 0 Å². The zero-order chi connectivity index (χ0) is 28.8. The fraction of sp³-hybridized carbons (Fsp3) is 0.765.